The quantitative estimate of drug-likeness (QED) is 0.428. The summed E-state index contributed by atoms with van der Waals surface area (Å²) in [6.07, 6.45) is 28.8. The maximum atomic E-state index is 1.65. The van der Waals surface area contributed by atoms with Gasteiger partial charge in [0.05, 0.1) is 0 Å². The second kappa shape index (κ2) is 7.92. The predicted molar refractivity (Wildman–Crippen MR) is 118 cm³/mol. The Kier molecular flexibility index (Phi) is 5.30. The molecule has 0 nitrogen and oxygen atoms in total. The van der Waals surface area contributed by atoms with E-state index in [0.717, 1.165) is 47.3 Å². The monoisotopic (exact) mass is 382 g/mol. The molecule has 10 atom stereocenters. The maximum Gasteiger partial charge on any atom is -0.0318 e. The lowest BCUT2D eigenvalue weighted by Crippen LogP contribution is -2.54. The van der Waals surface area contributed by atoms with Gasteiger partial charge in [0, 0.05) is 0 Å². The summed E-state index contributed by atoms with van der Waals surface area (Å²) in [6.45, 7) is 0. The summed E-state index contributed by atoms with van der Waals surface area (Å²) in [5.74, 6) is 11.5. The highest BCUT2D eigenvalue weighted by atomic mass is 14.6. The van der Waals surface area contributed by atoms with Crippen molar-refractivity contribution < 1.29 is 0 Å². The number of hydrogen-bond acceptors (Lipinski definition) is 0. The number of fused-ring (bicyclic) bond motifs is 4. The van der Waals surface area contributed by atoms with Gasteiger partial charge in [-0.3, -0.25) is 0 Å². The average molecular weight is 383 g/mol. The Balaban J connectivity index is 1.38. The van der Waals surface area contributed by atoms with Crippen molar-refractivity contribution in [3.05, 3.63) is 0 Å². The summed E-state index contributed by atoms with van der Waals surface area (Å²) >= 11 is 0. The van der Waals surface area contributed by atoms with Crippen molar-refractivity contribution in [2.75, 3.05) is 0 Å². The summed E-state index contributed by atoms with van der Waals surface area (Å²) in [5, 5.41) is 0. The molecular weight excluding hydrogens is 336 g/mol. The summed E-state index contributed by atoms with van der Waals surface area (Å²) in [7, 11) is 0. The summed E-state index contributed by atoms with van der Waals surface area (Å²) in [5.41, 5.74) is 0. The van der Waals surface area contributed by atoms with Gasteiger partial charge in [-0.2, -0.15) is 0 Å². The fourth-order valence-electron chi connectivity index (χ4n) is 10.7. The van der Waals surface area contributed by atoms with E-state index in [4.69, 9.17) is 0 Å². The van der Waals surface area contributed by atoms with Gasteiger partial charge in [-0.05, 0) is 97.7 Å². The zero-order valence-electron chi connectivity index (χ0n) is 18.5. The van der Waals surface area contributed by atoms with Crippen LogP contribution in [0.25, 0.3) is 0 Å². The molecule has 0 aromatic carbocycles. The SMILES string of the molecule is C1CC[C@@H]2C(C3[C@H]4CCCC[C@H]4C[C@H]4CCCC[C@@H]34)[C@@H]3CCCC[C@@H]3C[C@H]2C1. The van der Waals surface area contributed by atoms with Crippen molar-refractivity contribution in [2.24, 2.45) is 59.2 Å². The van der Waals surface area contributed by atoms with E-state index < -0.39 is 0 Å². The van der Waals surface area contributed by atoms with Crippen LogP contribution in [-0.4, -0.2) is 0 Å². The molecule has 2 unspecified atom stereocenters. The molecule has 0 aromatic rings. The van der Waals surface area contributed by atoms with Crippen LogP contribution < -0.4 is 0 Å². The molecule has 0 aromatic heterocycles. The molecule has 0 bridgehead atoms. The molecule has 0 spiro atoms. The Bertz CT molecular complexity index is 444. The minimum Gasteiger partial charge on any atom is -0.0530 e. The molecule has 0 heteroatoms. The molecule has 158 valence electrons. The van der Waals surface area contributed by atoms with Crippen LogP contribution in [0.4, 0.5) is 0 Å². The predicted octanol–water partition coefficient (Wildman–Crippen LogP) is 8.25. The van der Waals surface area contributed by atoms with Gasteiger partial charge in [0.15, 0.2) is 0 Å². The van der Waals surface area contributed by atoms with Gasteiger partial charge in [0.1, 0.15) is 0 Å². The molecule has 6 rings (SSSR count). The molecule has 6 saturated carbocycles. The normalized spacial score (nSPS) is 54.0. The van der Waals surface area contributed by atoms with E-state index in [1.807, 2.05) is 0 Å². The highest BCUT2D eigenvalue weighted by molar-refractivity contribution is 5.04. The molecule has 0 saturated heterocycles. The Morgan fingerprint density at radius 2 is 0.536 bits per heavy atom. The van der Waals surface area contributed by atoms with Crippen LogP contribution in [0.2, 0.25) is 0 Å². The topological polar surface area (TPSA) is 0 Å². The molecule has 0 radical (unpaired) electrons. The Labute approximate surface area is 175 Å². The summed E-state index contributed by atoms with van der Waals surface area (Å²) in [4.78, 5) is 0. The van der Waals surface area contributed by atoms with Crippen LogP contribution in [0.15, 0.2) is 0 Å². The van der Waals surface area contributed by atoms with E-state index in [0.29, 0.717) is 0 Å². The highest BCUT2D eigenvalue weighted by Gasteiger charge is 2.55. The molecule has 0 heterocycles. The minimum absolute atomic E-state index is 1.14. The van der Waals surface area contributed by atoms with E-state index >= 15 is 0 Å². The van der Waals surface area contributed by atoms with Gasteiger partial charge in [-0.1, -0.05) is 77.0 Å². The molecule has 0 N–H and O–H groups in total. The molecule has 28 heavy (non-hydrogen) atoms. The Morgan fingerprint density at radius 1 is 0.286 bits per heavy atom. The molecule has 6 aliphatic rings. The molecule has 6 aliphatic carbocycles. The third-order valence-electron chi connectivity index (χ3n) is 11.5. The third kappa shape index (κ3) is 3.13. The molecular formula is C28H46. The first-order chi connectivity index (χ1) is 13.9. The van der Waals surface area contributed by atoms with Crippen LogP contribution in [0, 0.1) is 59.2 Å². The van der Waals surface area contributed by atoms with Gasteiger partial charge in [0.25, 0.3) is 0 Å². The smallest absolute Gasteiger partial charge is 0.0318 e. The second-order valence-corrected chi connectivity index (χ2v) is 12.5. The second-order valence-electron chi connectivity index (χ2n) is 12.5. The molecule has 0 amide bonds. The van der Waals surface area contributed by atoms with E-state index in [1.54, 1.807) is 116 Å². The zero-order valence-corrected chi connectivity index (χ0v) is 18.5. The van der Waals surface area contributed by atoms with Gasteiger partial charge in [0.2, 0.25) is 0 Å². The van der Waals surface area contributed by atoms with Crippen molar-refractivity contribution in [1.82, 2.24) is 0 Å². The van der Waals surface area contributed by atoms with Crippen molar-refractivity contribution in [1.29, 1.82) is 0 Å². The fraction of sp³-hybridized carbons (Fsp3) is 1.00. The third-order valence-corrected chi connectivity index (χ3v) is 11.5. The maximum absolute atomic E-state index is 1.65. The van der Waals surface area contributed by atoms with Crippen molar-refractivity contribution in [3.8, 4) is 0 Å². The van der Waals surface area contributed by atoms with Crippen LogP contribution in [0.5, 0.6) is 0 Å². The van der Waals surface area contributed by atoms with Crippen molar-refractivity contribution >= 4 is 0 Å². The van der Waals surface area contributed by atoms with E-state index in [9.17, 15) is 0 Å². The number of rotatable bonds is 1. The van der Waals surface area contributed by atoms with Gasteiger partial charge < -0.3 is 0 Å². The summed E-state index contributed by atoms with van der Waals surface area (Å²) < 4.78 is 0. The summed E-state index contributed by atoms with van der Waals surface area (Å²) in [6, 6.07) is 0. The van der Waals surface area contributed by atoms with Crippen LogP contribution in [0.3, 0.4) is 0 Å². The standard InChI is InChI=1S/C28H46/c1-5-13-23-19(9-1)17-20-10-2-6-14-24(20)27(23)28-25-15-7-3-11-21(25)18-22-12-4-8-16-26(22)28/h19-28H,1-18H2/t19-,20-,21-,22+,23-,24+,25-,26+,27?,28?/m1/s1. The first-order valence-corrected chi connectivity index (χ1v) is 13.9. The van der Waals surface area contributed by atoms with Crippen LogP contribution >= 0.6 is 0 Å². The zero-order chi connectivity index (χ0) is 18.5. The van der Waals surface area contributed by atoms with E-state index in [-0.39, 0.29) is 0 Å². The van der Waals surface area contributed by atoms with Gasteiger partial charge in [-0.25, -0.2) is 0 Å². The molecule has 6 fully saturated rings. The van der Waals surface area contributed by atoms with Crippen molar-refractivity contribution in [3.63, 3.8) is 0 Å². The van der Waals surface area contributed by atoms with Crippen LogP contribution in [-0.2, 0) is 0 Å². The highest BCUT2D eigenvalue weighted by Crippen LogP contribution is 2.63. The first kappa shape index (κ1) is 18.7. The van der Waals surface area contributed by atoms with Gasteiger partial charge in [-0.15, -0.1) is 0 Å². The Hall–Kier alpha value is 0. The van der Waals surface area contributed by atoms with Gasteiger partial charge >= 0.3 is 0 Å². The fourth-order valence-corrected chi connectivity index (χ4v) is 10.7. The minimum atomic E-state index is 1.14. The number of hydrogen-bond donors (Lipinski definition) is 0. The molecule has 0 aliphatic heterocycles. The lowest BCUT2D eigenvalue weighted by atomic mass is 9.44. The Morgan fingerprint density at radius 3 is 0.821 bits per heavy atom. The average Bonchev–Trinajstić information content (AvgIpc) is 2.76. The lowest BCUT2D eigenvalue weighted by molar-refractivity contribution is -0.120. The largest absolute Gasteiger partial charge is 0.0530 e. The lowest BCUT2D eigenvalue weighted by Gasteiger charge is -2.61. The van der Waals surface area contributed by atoms with Crippen molar-refractivity contribution in [2.45, 2.75) is 116 Å². The van der Waals surface area contributed by atoms with E-state index in [2.05, 4.69) is 0 Å². The first-order valence-electron chi connectivity index (χ1n) is 13.9. The van der Waals surface area contributed by atoms with E-state index in [1.165, 1.54) is 11.8 Å². The van der Waals surface area contributed by atoms with Crippen LogP contribution in [0.1, 0.15) is 116 Å².